The molecule has 1 nitrogen and oxygen atoms in total. The molecule has 2 heteroatoms. The van der Waals surface area contributed by atoms with Gasteiger partial charge in [-0.1, -0.05) is 99.9 Å². The number of benzene rings is 3. The average molecular weight is 461 g/mol. The third kappa shape index (κ3) is 2.46. The van der Waals surface area contributed by atoms with E-state index < -0.39 is 0 Å². The first kappa shape index (κ1) is 19.9. The molecule has 4 aromatic rings. The van der Waals surface area contributed by atoms with Gasteiger partial charge in [-0.05, 0) is 50.6 Å². The molecule has 0 spiro atoms. The van der Waals surface area contributed by atoms with Crippen molar-refractivity contribution in [2.24, 2.45) is 5.41 Å². The summed E-state index contributed by atoms with van der Waals surface area (Å²) in [5.74, 6) is 0. The van der Waals surface area contributed by atoms with Crippen LogP contribution in [0.25, 0.3) is 21.9 Å². The van der Waals surface area contributed by atoms with Crippen LogP contribution in [0.15, 0.2) is 63.5 Å². The van der Waals surface area contributed by atoms with Crippen LogP contribution in [-0.2, 0) is 17.3 Å². The van der Waals surface area contributed by atoms with E-state index in [1.165, 1.54) is 37.5 Å². The first-order chi connectivity index (χ1) is 14.1. The number of halogens is 1. The number of fused-ring (bicyclic) bond motifs is 4. The van der Waals surface area contributed by atoms with Crippen LogP contribution >= 0.6 is 15.9 Å². The van der Waals surface area contributed by atoms with Gasteiger partial charge in [0.2, 0.25) is 0 Å². The zero-order valence-corrected chi connectivity index (χ0v) is 20.3. The monoisotopic (exact) mass is 460 g/mol. The molecule has 154 valence electrons. The maximum Gasteiger partial charge on any atom is 0.138 e. The van der Waals surface area contributed by atoms with Crippen LogP contribution in [-0.4, -0.2) is 0 Å². The minimum absolute atomic E-state index is 0.104. The number of para-hydroxylation sites is 2. The van der Waals surface area contributed by atoms with Crippen molar-refractivity contribution in [2.75, 3.05) is 0 Å². The second-order valence-corrected chi connectivity index (χ2v) is 11.3. The van der Waals surface area contributed by atoms with Gasteiger partial charge in [-0.3, -0.25) is 0 Å². The minimum Gasteiger partial charge on any atom is -0.456 e. The highest BCUT2D eigenvalue weighted by atomic mass is 79.9. The molecule has 1 aliphatic rings. The Kier molecular flexibility index (Phi) is 4.13. The number of hydrogen-bond acceptors (Lipinski definition) is 1. The maximum atomic E-state index is 6.28. The van der Waals surface area contributed by atoms with Gasteiger partial charge < -0.3 is 4.42 Å². The summed E-state index contributed by atoms with van der Waals surface area (Å²) in [6.07, 6.45) is 0.849. The third-order valence-corrected chi connectivity index (χ3v) is 9.26. The lowest BCUT2D eigenvalue weighted by Crippen LogP contribution is -2.42. The van der Waals surface area contributed by atoms with E-state index in [-0.39, 0.29) is 16.2 Å². The van der Waals surface area contributed by atoms with Gasteiger partial charge in [0.05, 0.1) is 0 Å². The molecule has 3 aromatic carbocycles. The molecule has 0 radical (unpaired) electrons. The molecule has 1 heterocycles. The van der Waals surface area contributed by atoms with Crippen molar-refractivity contribution in [3.05, 3.63) is 81.3 Å². The molecule has 0 unspecified atom stereocenters. The van der Waals surface area contributed by atoms with Gasteiger partial charge in [0, 0.05) is 21.7 Å². The molecular weight excluding hydrogens is 432 g/mol. The summed E-state index contributed by atoms with van der Waals surface area (Å²) in [7, 11) is 0. The Labute approximate surface area is 187 Å². The molecule has 0 saturated carbocycles. The van der Waals surface area contributed by atoms with Gasteiger partial charge in [-0.15, -0.1) is 0 Å². The Balaban J connectivity index is 1.66. The third-order valence-electron chi connectivity index (χ3n) is 8.52. The standard InChI is InChI=1S/C28H29BrO/c1-26(2)21-15-18(23(29)16-22(21)27(3,4)28(26,5)6)14-17-10-9-12-20-19-11-7-8-13-24(19)30-25(17)20/h7-13,15-16H,14H2,1-6H3. The van der Waals surface area contributed by atoms with Gasteiger partial charge in [0.25, 0.3) is 0 Å². The van der Waals surface area contributed by atoms with Crippen molar-refractivity contribution in [3.63, 3.8) is 0 Å². The van der Waals surface area contributed by atoms with Gasteiger partial charge in [0.1, 0.15) is 11.2 Å². The molecule has 1 aromatic heterocycles. The van der Waals surface area contributed by atoms with Crippen LogP contribution < -0.4 is 0 Å². The molecule has 0 aliphatic heterocycles. The highest BCUT2D eigenvalue weighted by Crippen LogP contribution is 2.62. The Morgan fingerprint density at radius 2 is 1.37 bits per heavy atom. The highest BCUT2D eigenvalue weighted by Gasteiger charge is 2.56. The van der Waals surface area contributed by atoms with E-state index in [4.69, 9.17) is 4.42 Å². The van der Waals surface area contributed by atoms with Crippen LogP contribution in [0.2, 0.25) is 0 Å². The summed E-state index contributed by atoms with van der Waals surface area (Å²) in [6, 6.07) is 19.6. The van der Waals surface area contributed by atoms with Crippen LogP contribution in [0.3, 0.4) is 0 Å². The van der Waals surface area contributed by atoms with Crippen LogP contribution in [0.4, 0.5) is 0 Å². The van der Waals surface area contributed by atoms with E-state index in [0.717, 1.165) is 17.6 Å². The fraction of sp³-hybridized carbons (Fsp3) is 0.357. The molecular formula is C28H29BrO. The van der Waals surface area contributed by atoms with E-state index in [0.29, 0.717) is 0 Å². The lowest BCUT2D eigenvalue weighted by Gasteiger charge is -2.44. The van der Waals surface area contributed by atoms with E-state index in [2.05, 4.69) is 106 Å². The SMILES string of the molecule is CC1(C)c2cc(Br)c(Cc3cccc4c3oc3ccccc34)cc2C(C)(C)C1(C)C. The lowest BCUT2D eigenvalue weighted by molar-refractivity contribution is 0.125. The minimum atomic E-state index is 0.104. The molecule has 0 N–H and O–H groups in total. The summed E-state index contributed by atoms with van der Waals surface area (Å²) in [5, 5.41) is 2.38. The molecule has 0 bridgehead atoms. The maximum absolute atomic E-state index is 6.28. The number of rotatable bonds is 2. The second-order valence-electron chi connectivity index (χ2n) is 10.4. The Hall–Kier alpha value is -2.06. The summed E-state index contributed by atoms with van der Waals surface area (Å²) in [5.41, 5.74) is 7.85. The van der Waals surface area contributed by atoms with Gasteiger partial charge in [0.15, 0.2) is 0 Å². The van der Waals surface area contributed by atoms with E-state index in [9.17, 15) is 0 Å². The van der Waals surface area contributed by atoms with Gasteiger partial charge >= 0.3 is 0 Å². The van der Waals surface area contributed by atoms with Crippen molar-refractivity contribution in [3.8, 4) is 0 Å². The highest BCUT2D eigenvalue weighted by molar-refractivity contribution is 9.10. The second kappa shape index (κ2) is 6.23. The lowest BCUT2D eigenvalue weighted by atomic mass is 9.59. The normalized spacial score (nSPS) is 18.8. The fourth-order valence-corrected chi connectivity index (χ4v) is 5.88. The van der Waals surface area contributed by atoms with Crippen molar-refractivity contribution >= 4 is 37.9 Å². The first-order valence-electron chi connectivity index (χ1n) is 10.8. The zero-order valence-electron chi connectivity index (χ0n) is 18.7. The quantitative estimate of drug-likeness (QED) is 0.292. The molecule has 0 saturated heterocycles. The average Bonchev–Trinajstić information content (AvgIpc) is 3.12. The smallest absolute Gasteiger partial charge is 0.138 e. The predicted octanol–water partition coefficient (Wildman–Crippen LogP) is 8.53. The summed E-state index contributed by atoms with van der Waals surface area (Å²) in [4.78, 5) is 0. The molecule has 1 aliphatic carbocycles. The predicted molar refractivity (Wildman–Crippen MR) is 131 cm³/mol. The van der Waals surface area contributed by atoms with Crippen molar-refractivity contribution in [1.82, 2.24) is 0 Å². The van der Waals surface area contributed by atoms with Crippen LogP contribution in [0.5, 0.6) is 0 Å². The Morgan fingerprint density at radius 1 is 0.733 bits per heavy atom. The molecule has 0 amide bonds. The number of hydrogen-bond donors (Lipinski definition) is 0. The van der Waals surface area contributed by atoms with E-state index in [1.54, 1.807) is 0 Å². The molecule has 5 rings (SSSR count). The molecule has 0 atom stereocenters. The van der Waals surface area contributed by atoms with Gasteiger partial charge in [-0.2, -0.15) is 0 Å². The number of furan rings is 1. The fourth-order valence-electron chi connectivity index (χ4n) is 5.39. The van der Waals surface area contributed by atoms with E-state index >= 15 is 0 Å². The summed E-state index contributed by atoms with van der Waals surface area (Å²) in [6.45, 7) is 14.4. The summed E-state index contributed by atoms with van der Waals surface area (Å²) >= 11 is 3.90. The summed E-state index contributed by atoms with van der Waals surface area (Å²) < 4.78 is 7.47. The Morgan fingerprint density at radius 3 is 2.10 bits per heavy atom. The van der Waals surface area contributed by atoms with Crippen molar-refractivity contribution < 1.29 is 4.42 Å². The topological polar surface area (TPSA) is 13.1 Å². The van der Waals surface area contributed by atoms with Crippen molar-refractivity contribution in [2.45, 2.75) is 58.8 Å². The van der Waals surface area contributed by atoms with Crippen LogP contribution in [0.1, 0.15) is 63.8 Å². The van der Waals surface area contributed by atoms with E-state index in [1.807, 2.05) is 6.07 Å². The van der Waals surface area contributed by atoms with Gasteiger partial charge in [-0.25, -0.2) is 0 Å². The van der Waals surface area contributed by atoms with Crippen molar-refractivity contribution in [1.29, 1.82) is 0 Å². The van der Waals surface area contributed by atoms with Crippen LogP contribution in [0, 0.1) is 5.41 Å². The molecule has 30 heavy (non-hydrogen) atoms. The molecule has 0 fully saturated rings. The first-order valence-corrected chi connectivity index (χ1v) is 11.6. The zero-order chi connectivity index (χ0) is 21.5. The Bertz CT molecular complexity index is 1300. The largest absolute Gasteiger partial charge is 0.456 e.